The number of pyridine rings is 1. The van der Waals surface area contributed by atoms with Crippen LogP contribution in [0.2, 0.25) is 0 Å². The van der Waals surface area contributed by atoms with Gasteiger partial charge in [-0.2, -0.15) is 0 Å². The fourth-order valence-corrected chi connectivity index (χ4v) is 2.91. The number of fused-ring (bicyclic) bond motifs is 1. The zero-order chi connectivity index (χ0) is 14.7. The molecule has 5 nitrogen and oxygen atoms in total. The summed E-state index contributed by atoms with van der Waals surface area (Å²) in [6, 6.07) is 10.7. The maximum atomic E-state index is 12.0. The first-order valence-corrected chi connectivity index (χ1v) is 7.13. The first-order chi connectivity index (χ1) is 10.2. The van der Waals surface area contributed by atoms with E-state index in [2.05, 4.69) is 15.3 Å². The molecule has 6 heteroatoms. The summed E-state index contributed by atoms with van der Waals surface area (Å²) < 4.78 is 0.835. The molecule has 0 saturated heterocycles. The summed E-state index contributed by atoms with van der Waals surface area (Å²) in [5, 5.41) is 3.80. The Morgan fingerprint density at radius 2 is 2.05 bits per heavy atom. The molecule has 2 heterocycles. The van der Waals surface area contributed by atoms with Crippen molar-refractivity contribution in [2.45, 2.75) is 6.42 Å². The molecular formula is C15H11N3O2S. The Kier molecular flexibility index (Phi) is 3.70. The van der Waals surface area contributed by atoms with Crippen molar-refractivity contribution in [1.29, 1.82) is 0 Å². The van der Waals surface area contributed by atoms with Gasteiger partial charge in [0.2, 0.25) is 5.91 Å². The van der Waals surface area contributed by atoms with E-state index in [9.17, 15) is 9.59 Å². The second-order valence-electron chi connectivity index (χ2n) is 4.38. The predicted molar refractivity (Wildman–Crippen MR) is 82.5 cm³/mol. The molecule has 0 aliphatic heterocycles. The highest BCUT2D eigenvalue weighted by Crippen LogP contribution is 2.17. The number of hydrogen-bond acceptors (Lipinski definition) is 5. The highest BCUT2D eigenvalue weighted by molar-refractivity contribution is 7.18. The van der Waals surface area contributed by atoms with Crippen molar-refractivity contribution in [2.24, 2.45) is 0 Å². The van der Waals surface area contributed by atoms with Crippen molar-refractivity contribution in [1.82, 2.24) is 9.97 Å². The van der Waals surface area contributed by atoms with Crippen molar-refractivity contribution in [2.75, 3.05) is 5.32 Å². The van der Waals surface area contributed by atoms with E-state index in [0.29, 0.717) is 16.1 Å². The van der Waals surface area contributed by atoms with Crippen LogP contribution in [0, 0.1) is 0 Å². The molecule has 0 fully saturated rings. The average Bonchev–Trinajstić information content (AvgIpc) is 2.48. The minimum Gasteiger partial charge on any atom is -0.324 e. The van der Waals surface area contributed by atoms with Crippen LogP contribution >= 0.6 is 11.3 Å². The summed E-state index contributed by atoms with van der Waals surface area (Å²) in [4.78, 5) is 31.7. The topological polar surface area (TPSA) is 72.0 Å². The smallest absolute Gasteiger partial charge is 0.279 e. The lowest BCUT2D eigenvalue weighted by Gasteiger charge is -2.04. The van der Waals surface area contributed by atoms with Gasteiger partial charge in [-0.25, -0.2) is 4.98 Å². The second-order valence-corrected chi connectivity index (χ2v) is 5.49. The molecule has 0 spiro atoms. The van der Waals surface area contributed by atoms with Crippen LogP contribution in [-0.2, 0) is 11.2 Å². The molecular weight excluding hydrogens is 286 g/mol. The van der Waals surface area contributed by atoms with E-state index in [0.717, 1.165) is 4.70 Å². The fraction of sp³-hybridized carbons (Fsp3) is 0.0667. The molecule has 2 aromatic heterocycles. The molecule has 3 aromatic rings. The van der Waals surface area contributed by atoms with Crippen LogP contribution in [0.5, 0.6) is 0 Å². The number of carbonyl (C=O) groups excluding carboxylic acids is 1. The zero-order valence-electron chi connectivity index (χ0n) is 10.9. The lowest BCUT2D eigenvalue weighted by molar-refractivity contribution is -0.115. The summed E-state index contributed by atoms with van der Waals surface area (Å²) in [6.45, 7) is 0. The van der Waals surface area contributed by atoms with Gasteiger partial charge in [0.05, 0.1) is 23.7 Å². The van der Waals surface area contributed by atoms with Crippen molar-refractivity contribution in [3.8, 4) is 0 Å². The molecule has 0 unspecified atom stereocenters. The molecule has 1 N–H and O–H groups in total. The minimum absolute atomic E-state index is 0.0691. The Morgan fingerprint density at radius 1 is 1.19 bits per heavy atom. The van der Waals surface area contributed by atoms with Gasteiger partial charge in [0.25, 0.3) is 5.56 Å². The summed E-state index contributed by atoms with van der Waals surface area (Å²) in [6.07, 6.45) is 3.26. The van der Waals surface area contributed by atoms with Gasteiger partial charge in [0, 0.05) is 10.9 Å². The van der Waals surface area contributed by atoms with Crippen LogP contribution in [0.25, 0.3) is 10.1 Å². The Morgan fingerprint density at radius 3 is 2.86 bits per heavy atom. The van der Waals surface area contributed by atoms with Crippen LogP contribution in [0.4, 0.5) is 5.69 Å². The van der Waals surface area contributed by atoms with E-state index in [1.165, 1.54) is 11.3 Å². The molecule has 0 atom stereocenters. The van der Waals surface area contributed by atoms with Gasteiger partial charge in [0.1, 0.15) is 5.01 Å². The first kappa shape index (κ1) is 13.4. The lowest BCUT2D eigenvalue weighted by Crippen LogP contribution is -2.17. The van der Waals surface area contributed by atoms with Gasteiger partial charge < -0.3 is 5.32 Å². The van der Waals surface area contributed by atoms with Crippen molar-refractivity contribution in [3.63, 3.8) is 0 Å². The van der Waals surface area contributed by atoms with E-state index in [1.807, 2.05) is 12.1 Å². The highest BCUT2D eigenvalue weighted by Gasteiger charge is 2.09. The quantitative estimate of drug-likeness (QED) is 0.804. The van der Waals surface area contributed by atoms with Crippen molar-refractivity contribution in [3.05, 3.63) is 64.2 Å². The number of anilines is 1. The number of aromatic nitrogens is 2. The third-order valence-corrected chi connectivity index (χ3v) is 3.88. The highest BCUT2D eigenvalue weighted by atomic mass is 32.1. The third kappa shape index (κ3) is 3.11. The standard InChI is InChI=1S/C15H11N3O2S/c19-13(17-10-4-3-7-16-9-10)8-14-18-15(20)11-5-1-2-6-12(11)21-14/h1-7,9H,8H2,(H,17,19). The van der Waals surface area contributed by atoms with Crippen LogP contribution in [-0.4, -0.2) is 15.9 Å². The zero-order valence-corrected chi connectivity index (χ0v) is 11.8. The number of hydrogen-bond donors (Lipinski definition) is 1. The average molecular weight is 297 g/mol. The van der Waals surface area contributed by atoms with Crippen LogP contribution in [0.3, 0.4) is 0 Å². The molecule has 0 radical (unpaired) electrons. The summed E-state index contributed by atoms with van der Waals surface area (Å²) >= 11 is 1.35. The van der Waals surface area contributed by atoms with Crippen LogP contribution in [0.1, 0.15) is 5.01 Å². The van der Waals surface area contributed by atoms with Gasteiger partial charge >= 0.3 is 0 Å². The van der Waals surface area contributed by atoms with Gasteiger partial charge in [-0.1, -0.05) is 12.1 Å². The second kappa shape index (κ2) is 5.80. The minimum atomic E-state index is -0.298. The summed E-state index contributed by atoms with van der Waals surface area (Å²) in [5.41, 5.74) is 0.323. The Bertz CT molecular complexity index is 846. The molecule has 3 rings (SSSR count). The number of rotatable bonds is 3. The maximum Gasteiger partial charge on any atom is 0.279 e. The number of benzene rings is 1. The van der Waals surface area contributed by atoms with E-state index in [4.69, 9.17) is 0 Å². The third-order valence-electron chi connectivity index (χ3n) is 2.83. The van der Waals surface area contributed by atoms with E-state index in [-0.39, 0.29) is 17.9 Å². The van der Waals surface area contributed by atoms with Crippen LogP contribution < -0.4 is 10.9 Å². The SMILES string of the molecule is O=C(Cc1nc(=O)c2ccccc2s1)Nc1cccnc1. The van der Waals surface area contributed by atoms with Crippen LogP contribution in [0.15, 0.2) is 53.6 Å². The number of nitrogens with zero attached hydrogens (tertiary/aromatic N) is 2. The monoisotopic (exact) mass is 297 g/mol. The van der Waals surface area contributed by atoms with Crippen molar-refractivity contribution < 1.29 is 4.79 Å². The Hall–Kier alpha value is -2.60. The first-order valence-electron chi connectivity index (χ1n) is 6.31. The summed E-state index contributed by atoms with van der Waals surface area (Å²) in [7, 11) is 0. The normalized spacial score (nSPS) is 10.5. The number of nitrogens with one attached hydrogen (secondary N) is 1. The van der Waals surface area contributed by atoms with E-state index >= 15 is 0 Å². The molecule has 0 aliphatic rings. The summed E-state index contributed by atoms with van der Waals surface area (Å²) in [5.74, 6) is -0.221. The van der Waals surface area contributed by atoms with Crippen molar-refractivity contribution >= 4 is 33.0 Å². The molecule has 21 heavy (non-hydrogen) atoms. The fourth-order valence-electron chi connectivity index (χ4n) is 1.91. The largest absolute Gasteiger partial charge is 0.324 e. The van der Waals surface area contributed by atoms with E-state index < -0.39 is 0 Å². The number of carbonyl (C=O) groups is 1. The van der Waals surface area contributed by atoms with Gasteiger partial charge in [-0.3, -0.25) is 14.6 Å². The van der Waals surface area contributed by atoms with Gasteiger partial charge in [-0.15, -0.1) is 11.3 Å². The molecule has 104 valence electrons. The maximum absolute atomic E-state index is 12.0. The van der Waals surface area contributed by atoms with Gasteiger partial charge in [0.15, 0.2) is 0 Å². The lowest BCUT2D eigenvalue weighted by atomic mass is 10.3. The molecule has 0 aliphatic carbocycles. The molecule has 1 aromatic carbocycles. The Labute approximate surface area is 124 Å². The molecule has 1 amide bonds. The Balaban J connectivity index is 1.82. The molecule has 0 bridgehead atoms. The van der Waals surface area contributed by atoms with E-state index in [1.54, 1.807) is 36.7 Å². The molecule has 0 saturated carbocycles. The predicted octanol–water partition coefficient (Wildman–Crippen LogP) is 2.23. The van der Waals surface area contributed by atoms with Gasteiger partial charge in [-0.05, 0) is 24.3 Å². The number of amides is 1.